The molecule has 6 heteroatoms. The molecule has 0 saturated heterocycles. The lowest BCUT2D eigenvalue weighted by Crippen LogP contribution is -2.45. The summed E-state index contributed by atoms with van der Waals surface area (Å²) in [7, 11) is 0. The van der Waals surface area contributed by atoms with Gasteiger partial charge in [0.05, 0.1) is 25.4 Å². The molecule has 0 aromatic carbocycles. The molecule has 6 nitrogen and oxygen atoms in total. The Hall–Kier alpha value is -1.92. The molecular weight excluding hydrogens is 995 g/mol. The molecule has 81 heavy (non-hydrogen) atoms. The molecule has 0 fully saturated rings. The zero-order valence-electron chi connectivity index (χ0n) is 54.8. The number of amides is 1. The molecule has 0 radical (unpaired) electrons. The van der Waals surface area contributed by atoms with Gasteiger partial charge in [-0.2, -0.15) is 0 Å². The van der Waals surface area contributed by atoms with Crippen molar-refractivity contribution in [2.45, 2.75) is 418 Å². The van der Waals surface area contributed by atoms with Crippen LogP contribution in [0, 0.1) is 0 Å². The number of aliphatic hydroxyl groups excluding tert-OH is 2. The molecule has 0 bridgehead atoms. The number of aliphatic hydroxyl groups is 2. The van der Waals surface area contributed by atoms with Gasteiger partial charge in [0, 0.05) is 12.8 Å². The predicted molar refractivity (Wildman–Crippen MR) is 356 cm³/mol. The molecule has 0 aliphatic heterocycles. The molecule has 0 aromatic rings. The van der Waals surface area contributed by atoms with Crippen LogP contribution in [0.25, 0.3) is 0 Å². The number of hydrogen-bond donors (Lipinski definition) is 3. The number of allylic oxidation sites excluding steroid dienone is 5. The monoisotopic (exact) mass is 1140 g/mol. The third-order valence-corrected chi connectivity index (χ3v) is 17.1. The van der Waals surface area contributed by atoms with E-state index in [9.17, 15) is 19.8 Å². The predicted octanol–water partition coefficient (Wildman–Crippen LogP) is 23.9. The van der Waals surface area contributed by atoms with Crippen molar-refractivity contribution in [1.29, 1.82) is 0 Å². The normalized spacial score (nSPS) is 12.7. The van der Waals surface area contributed by atoms with E-state index in [0.717, 1.165) is 38.5 Å². The second-order valence-corrected chi connectivity index (χ2v) is 25.3. The highest BCUT2D eigenvalue weighted by Crippen LogP contribution is 2.19. The fourth-order valence-electron chi connectivity index (χ4n) is 11.5. The highest BCUT2D eigenvalue weighted by Gasteiger charge is 2.18. The average Bonchev–Trinajstić information content (AvgIpc) is 3.47. The van der Waals surface area contributed by atoms with Crippen LogP contribution in [0.4, 0.5) is 0 Å². The molecule has 0 aromatic heterocycles. The highest BCUT2D eigenvalue weighted by molar-refractivity contribution is 5.76. The van der Waals surface area contributed by atoms with Crippen molar-refractivity contribution in [3.8, 4) is 0 Å². The van der Waals surface area contributed by atoms with E-state index in [2.05, 4.69) is 43.5 Å². The summed E-state index contributed by atoms with van der Waals surface area (Å²) in [5.74, 6) is -0.0466. The van der Waals surface area contributed by atoms with Crippen LogP contribution in [-0.4, -0.2) is 47.4 Å². The average molecular weight is 1140 g/mol. The maximum absolute atomic E-state index is 12.4. The zero-order valence-corrected chi connectivity index (χ0v) is 54.8. The minimum absolute atomic E-state index is 0.0187. The maximum Gasteiger partial charge on any atom is 0.305 e. The number of unbranched alkanes of at least 4 members (excludes halogenated alkanes) is 54. The quantitative estimate of drug-likeness (QED) is 0.0320. The molecule has 3 N–H and O–H groups in total. The molecule has 0 rings (SSSR count). The van der Waals surface area contributed by atoms with Gasteiger partial charge in [-0.15, -0.1) is 0 Å². The number of rotatable bonds is 69. The van der Waals surface area contributed by atoms with Gasteiger partial charge in [-0.25, -0.2) is 0 Å². The van der Waals surface area contributed by atoms with Gasteiger partial charge in [0.25, 0.3) is 0 Å². The summed E-state index contributed by atoms with van der Waals surface area (Å²) >= 11 is 0. The Kier molecular flexibility index (Phi) is 68.9. The number of carbonyl (C=O) groups is 2. The fraction of sp³-hybridized carbons (Fsp3) is 0.893. The second kappa shape index (κ2) is 70.6. The Bertz CT molecular complexity index is 1310. The smallest absolute Gasteiger partial charge is 0.305 e. The Labute approximate surface area is 506 Å². The highest BCUT2D eigenvalue weighted by atomic mass is 16.5. The van der Waals surface area contributed by atoms with E-state index in [1.165, 1.54) is 340 Å². The summed E-state index contributed by atoms with van der Waals surface area (Å²) in [5, 5.41) is 23.0. The van der Waals surface area contributed by atoms with Crippen molar-refractivity contribution < 1.29 is 24.5 Å². The fourth-order valence-corrected chi connectivity index (χ4v) is 11.5. The minimum Gasteiger partial charge on any atom is -0.466 e. The molecule has 0 saturated carbocycles. The van der Waals surface area contributed by atoms with Crippen LogP contribution in [0.1, 0.15) is 406 Å². The van der Waals surface area contributed by atoms with Crippen LogP contribution >= 0.6 is 0 Å². The van der Waals surface area contributed by atoms with Crippen molar-refractivity contribution in [3.63, 3.8) is 0 Å². The Morgan fingerprint density at radius 2 is 0.580 bits per heavy atom. The Balaban J connectivity index is 3.30. The summed E-state index contributed by atoms with van der Waals surface area (Å²) in [6.45, 7) is 4.90. The molecule has 2 unspecified atom stereocenters. The Morgan fingerprint density at radius 3 is 0.877 bits per heavy atom. The lowest BCUT2D eigenvalue weighted by atomic mass is 10.0. The minimum atomic E-state index is -0.839. The van der Waals surface area contributed by atoms with E-state index in [1.807, 2.05) is 6.08 Å². The first-order valence-corrected chi connectivity index (χ1v) is 36.8. The van der Waals surface area contributed by atoms with Gasteiger partial charge in [-0.1, -0.05) is 346 Å². The second-order valence-electron chi connectivity index (χ2n) is 25.3. The third-order valence-electron chi connectivity index (χ3n) is 17.1. The first-order valence-electron chi connectivity index (χ1n) is 36.8. The standard InChI is InChI=1S/C75H143NO5/c1-3-5-7-9-11-13-14-15-16-17-40-43-46-49-53-57-61-65-69-75(80)81-70-66-62-58-54-50-47-44-41-38-36-34-32-30-28-26-24-22-20-18-19-21-23-25-27-29-31-33-35-37-39-42-45-48-52-56-60-64-68-74(79)76-72(71-77)73(78)67-63-59-55-51-12-10-8-6-4-2/h16-18,20,63,67,72-73,77-78H,3-15,19,21-62,64-66,68-71H2,1-2H3,(H,76,79)/b17-16-,20-18-,67-63+. The van der Waals surface area contributed by atoms with E-state index < -0.39 is 12.1 Å². The van der Waals surface area contributed by atoms with Crippen LogP contribution in [0.15, 0.2) is 36.5 Å². The Morgan fingerprint density at radius 1 is 0.333 bits per heavy atom. The molecule has 0 spiro atoms. The van der Waals surface area contributed by atoms with E-state index in [1.54, 1.807) is 6.08 Å². The van der Waals surface area contributed by atoms with Gasteiger partial charge in [0.1, 0.15) is 0 Å². The largest absolute Gasteiger partial charge is 0.466 e. The summed E-state index contributed by atoms with van der Waals surface area (Å²) in [6, 6.07) is -0.622. The first kappa shape index (κ1) is 79.1. The van der Waals surface area contributed by atoms with E-state index in [0.29, 0.717) is 19.4 Å². The van der Waals surface area contributed by atoms with Gasteiger partial charge in [-0.3, -0.25) is 9.59 Å². The van der Waals surface area contributed by atoms with Crippen LogP contribution in [0.3, 0.4) is 0 Å². The number of esters is 1. The molecule has 1 amide bonds. The van der Waals surface area contributed by atoms with Crippen molar-refractivity contribution in [1.82, 2.24) is 5.32 Å². The van der Waals surface area contributed by atoms with Crippen LogP contribution in [0.5, 0.6) is 0 Å². The van der Waals surface area contributed by atoms with Crippen molar-refractivity contribution in [2.24, 2.45) is 0 Å². The molecule has 478 valence electrons. The summed E-state index contributed by atoms with van der Waals surface area (Å²) in [4.78, 5) is 24.5. The maximum atomic E-state index is 12.4. The lowest BCUT2D eigenvalue weighted by Gasteiger charge is -2.20. The van der Waals surface area contributed by atoms with E-state index in [4.69, 9.17) is 4.74 Å². The number of hydrogen-bond acceptors (Lipinski definition) is 5. The molecular formula is C75H143NO5. The molecule has 2 atom stereocenters. The summed E-state index contributed by atoms with van der Waals surface area (Å²) < 4.78 is 5.51. The summed E-state index contributed by atoms with van der Waals surface area (Å²) in [6.07, 6.45) is 91.3. The third kappa shape index (κ3) is 67.1. The van der Waals surface area contributed by atoms with E-state index in [-0.39, 0.29) is 18.5 Å². The summed E-state index contributed by atoms with van der Waals surface area (Å²) in [5.41, 5.74) is 0. The van der Waals surface area contributed by atoms with Gasteiger partial charge in [-0.05, 0) is 83.5 Å². The molecule has 0 aliphatic rings. The van der Waals surface area contributed by atoms with Crippen LogP contribution < -0.4 is 5.32 Å². The van der Waals surface area contributed by atoms with Crippen molar-refractivity contribution in [3.05, 3.63) is 36.5 Å². The topological polar surface area (TPSA) is 95.9 Å². The van der Waals surface area contributed by atoms with Gasteiger partial charge < -0.3 is 20.3 Å². The molecule has 0 aliphatic carbocycles. The number of carbonyl (C=O) groups excluding carboxylic acids is 2. The zero-order chi connectivity index (χ0) is 58.5. The first-order chi connectivity index (χ1) is 40.0. The van der Waals surface area contributed by atoms with Crippen molar-refractivity contribution >= 4 is 11.9 Å². The molecule has 0 heterocycles. The van der Waals surface area contributed by atoms with Crippen molar-refractivity contribution in [2.75, 3.05) is 13.2 Å². The number of ether oxygens (including phenoxy) is 1. The van der Waals surface area contributed by atoms with Gasteiger partial charge >= 0.3 is 5.97 Å². The van der Waals surface area contributed by atoms with E-state index >= 15 is 0 Å². The lowest BCUT2D eigenvalue weighted by molar-refractivity contribution is -0.143. The van der Waals surface area contributed by atoms with Crippen LogP contribution in [-0.2, 0) is 14.3 Å². The van der Waals surface area contributed by atoms with Crippen LogP contribution in [0.2, 0.25) is 0 Å². The number of nitrogens with one attached hydrogen (secondary N) is 1. The SMILES string of the molecule is CCCCCCCCC/C=C\CCCCCCCCCC(=O)OCCCCCCCCCCCCCCCCCC/C=C\CCCCCCCCCCCCCCCCCCCC(=O)NC(CO)C(O)/C=C/CCCCCCCCC. The van der Waals surface area contributed by atoms with Gasteiger partial charge in [0.15, 0.2) is 0 Å². The van der Waals surface area contributed by atoms with Gasteiger partial charge in [0.2, 0.25) is 5.91 Å².